The van der Waals surface area contributed by atoms with Crippen molar-refractivity contribution in [2.75, 3.05) is 57.4 Å². The molecule has 0 bridgehead atoms. The Morgan fingerprint density at radius 3 is 2.61 bits per heavy atom. The van der Waals surface area contributed by atoms with Crippen LogP contribution in [0.5, 0.6) is 0 Å². The maximum Gasteiger partial charge on any atom is 0.123 e. The topological polar surface area (TPSA) is 27.7 Å². The van der Waals surface area contributed by atoms with Crippen LogP contribution in [0, 0.1) is 12.7 Å². The van der Waals surface area contributed by atoms with E-state index in [2.05, 4.69) is 15.1 Å². The number of benzene rings is 1. The zero-order valence-corrected chi connectivity index (χ0v) is 14.1. The number of hydrogen-bond donors (Lipinski definition) is 1. The van der Waals surface area contributed by atoms with Gasteiger partial charge < -0.3 is 15.0 Å². The highest BCUT2D eigenvalue weighted by Crippen LogP contribution is 2.24. The van der Waals surface area contributed by atoms with E-state index < -0.39 is 0 Å². The predicted molar refractivity (Wildman–Crippen MR) is 91.6 cm³/mol. The molecule has 0 aromatic heterocycles. The molecule has 0 atom stereocenters. The van der Waals surface area contributed by atoms with Gasteiger partial charge in [0.2, 0.25) is 0 Å². The first-order valence-electron chi connectivity index (χ1n) is 8.77. The summed E-state index contributed by atoms with van der Waals surface area (Å²) in [7, 11) is 0. The van der Waals surface area contributed by atoms with Crippen LogP contribution in [-0.2, 0) is 4.74 Å². The molecule has 0 aliphatic carbocycles. The summed E-state index contributed by atoms with van der Waals surface area (Å²) in [6.45, 7) is 10.1. The van der Waals surface area contributed by atoms with Crippen molar-refractivity contribution < 1.29 is 9.13 Å². The van der Waals surface area contributed by atoms with E-state index in [-0.39, 0.29) is 5.82 Å². The SMILES string of the molecule is Cc1cc(F)ccc1N1CCC(NCCN2CCOCC2)CC1. The second-order valence-corrected chi connectivity index (χ2v) is 6.60. The summed E-state index contributed by atoms with van der Waals surface area (Å²) < 4.78 is 18.6. The normalized spacial score (nSPS) is 20.9. The van der Waals surface area contributed by atoms with E-state index >= 15 is 0 Å². The Morgan fingerprint density at radius 2 is 1.91 bits per heavy atom. The van der Waals surface area contributed by atoms with Crippen molar-refractivity contribution in [3.8, 4) is 0 Å². The molecule has 5 heteroatoms. The van der Waals surface area contributed by atoms with Crippen molar-refractivity contribution in [3.05, 3.63) is 29.6 Å². The van der Waals surface area contributed by atoms with Gasteiger partial charge in [-0.3, -0.25) is 4.90 Å². The van der Waals surface area contributed by atoms with Crippen molar-refractivity contribution in [2.24, 2.45) is 0 Å². The number of ether oxygens (including phenoxy) is 1. The van der Waals surface area contributed by atoms with E-state index in [4.69, 9.17) is 4.74 Å². The van der Waals surface area contributed by atoms with Gasteiger partial charge in [-0.25, -0.2) is 4.39 Å². The van der Waals surface area contributed by atoms with Crippen LogP contribution in [0.4, 0.5) is 10.1 Å². The highest BCUT2D eigenvalue weighted by atomic mass is 19.1. The van der Waals surface area contributed by atoms with Gasteiger partial charge in [0.15, 0.2) is 0 Å². The van der Waals surface area contributed by atoms with Gasteiger partial charge >= 0.3 is 0 Å². The first kappa shape index (κ1) is 16.7. The van der Waals surface area contributed by atoms with Gasteiger partial charge in [-0.05, 0) is 43.5 Å². The number of piperidine rings is 1. The van der Waals surface area contributed by atoms with Crippen LogP contribution in [0.1, 0.15) is 18.4 Å². The first-order chi connectivity index (χ1) is 11.2. The predicted octanol–water partition coefficient (Wildman–Crippen LogP) is 2.02. The van der Waals surface area contributed by atoms with Crippen LogP contribution < -0.4 is 10.2 Å². The minimum absolute atomic E-state index is 0.147. The lowest BCUT2D eigenvalue weighted by molar-refractivity contribution is 0.0380. The first-order valence-corrected chi connectivity index (χ1v) is 8.77. The lowest BCUT2D eigenvalue weighted by atomic mass is 10.0. The molecule has 128 valence electrons. The second kappa shape index (κ2) is 8.08. The van der Waals surface area contributed by atoms with Crippen LogP contribution >= 0.6 is 0 Å². The van der Waals surface area contributed by atoms with Gasteiger partial charge in [-0.15, -0.1) is 0 Å². The molecule has 2 aliphatic rings. The van der Waals surface area contributed by atoms with Gasteiger partial charge in [-0.2, -0.15) is 0 Å². The Balaban J connectivity index is 1.39. The molecule has 23 heavy (non-hydrogen) atoms. The van der Waals surface area contributed by atoms with Gasteiger partial charge in [-0.1, -0.05) is 0 Å². The number of nitrogens with zero attached hydrogens (tertiary/aromatic N) is 2. The largest absolute Gasteiger partial charge is 0.379 e. The van der Waals surface area contributed by atoms with Gasteiger partial charge in [0.25, 0.3) is 0 Å². The summed E-state index contributed by atoms with van der Waals surface area (Å²) in [5, 5.41) is 3.70. The Hall–Kier alpha value is -1.17. The minimum Gasteiger partial charge on any atom is -0.379 e. The monoisotopic (exact) mass is 321 g/mol. The van der Waals surface area contributed by atoms with Crippen LogP contribution in [-0.4, -0.2) is 63.4 Å². The van der Waals surface area contributed by atoms with Crippen LogP contribution in [0.3, 0.4) is 0 Å². The quantitative estimate of drug-likeness (QED) is 0.898. The highest BCUT2D eigenvalue weighted by molar-refractivity contribution is 5.53. The standard InChI is InChI=1S/C18H28FN3O/c1-15-14-16(19)2-3-18(15)22-7-4-17(5-8-22)20-6-9-21-10-12-23-13-11-21/h2-3,14,17,20H,4-13H2,1H3. The third kappa shape index (κ3) is 4.66. The van der Waals surface area contributed by atoms with Crippen molar-refractivity contribution >= 4 is 5.69 Å². The lowest BCUT2D eigenvalue weighted by Gasteiger charge is -2.35. The fraction of sp³-hybridized carbons (Fsp3) is 0.667. The minimum atomic E-state index is -0.147. The van der Waals surface area contributed by atoms with Crippen LogP contribution in [0.2, 0.25) is 0 Å². The van der Waals surface area contributed by atoms with E-state index in [1.807, 2.05) is 13.0 Å². The Labute approximate surface area is 138 Å². The molecule has 4 nitrogen and oxygen atoms in total. The molecule has 1 N–H and O–H groups in total. The number of anilines is 1. The smallest absolute Gasteiger partial charge is 0.123 e. The molecule has 3 rings (SSSR count). The van der Waals surface area contributed by atoms with E-state index in [0.29, 0.717) is 6.04 Å². The summed E-state index contributed by atoms with van der Waals surface area (Å²) in [6.07, 6.45) is 2.31. The number of hydrogen-bond acceptors (Lipinski definition) is 4. The van der Waals surface area contributed by atoms with E-state index in [1.54, 1.807) is 12.1 Å². The molecule has 2 aliphatic heterocycles. The lowest BCUT2D eigenvalue weighted by Crippen LogP contribution is -2.46. The molecule has 1 aromatic carbocycles. The number of nitrogens with one attached hydrogen (secondary N) is 1. The summed E-state index contributed by atoms with van der Waals surface area (Å²) in [4.78, 5) is 4.85. The van der Waals surface area contributed by atoms with E-state index in [9.17, 15) is 4.39 Å². The van der Waals surface area contributed by atoms with E-state index in [1.165, 1.54) is 5.69 Å². The summed E-state index contributed by atoms with van der Waals surface area (Å²) in [5.74, 6) is -0.147. The van der Waals surface area contributed by atoms with Crippen molar-refractivity contribution in [3.63, 3.8) is 0 Å². The van der Waals surface area contributed by atoms with Gasteiger partial charge in [0.1, 0.15) is 5.82 Å². The molecule has 0 radical (unpaired) electrons. The average Bonchev–Trinajstić information content (AvgIpc) is 2.57. The Kier molecular flexibility index (Phi) is 5.86. The fourth-order valence-corrected chi connectivity index (χ4v) is 3.55. The summed E-state index contributed by atoms with van der Waals surface area (Å²) >= 11 is 0. The van der Waals surface area contributed by atoms with Crippen molar-refractivity contribution in [1.82, 2.24) is 10.2 Å². The second-order valence-electron chi connectivity index (χ2n) is 6.60. The van der Waals surface area contributed by atoms with Crippen LogP contribution in [0.15, 0.2) is 18.2 Å². The van der Waals surface area contributed by atoms with Crippen molar-refractivity contribution in [1.29, 1.82) is 0 Å². The van der Waals surface area contributed by atoms with E-state index in [0.717, 1.165) is 70.9 Å². The molecule has 2 saturated heterocycles. The maximum absolute atomic E-state index is 13.2. The number of morpholine rings is 1. The molecular weight excluding hydrogens is 293 g/mol. The molecule has 0 spiro atoms. The molecular formula is C18H28FN3O. The Bertz CT molecular complexity index is 497. The maximum atomic E-state index is 13.2. The Morgan fingerprint density at radius 1 is 1.17 bits per heavy atom. The number of aryl methyl sites for hydroxylation is 1. The van der Waals surface area contributed by atoms with Gasteiger partial charge in [0.05, 0.1) is 13.2 Å². The number of rotatable bonds is 5. The summed E-state index contributed by atoms with van der Waals surface area (Å²) in [5.41, 5.74) is 2.21. The van der Waals surface area contributed by atoms with Crippen LogP contribution in [0.25, 0.3) is 0 Å². The molecule has 2 heterocycles. The van der Waals surface area contributed by atoms with Gasteiger partial charge in [0, 0.05) is 51.0 Å². The summed E-state index contributed by atoms with van der Waals surface area (Å²) in [6, 6.07) is 5.71. The number of halogens is 1. The molecule has 2 fully saturated rings. The fourth-order valence-electron chi connectivity index (χ4n) is 3.55. The highest BCUT2D eigenvalue weighted by Gasteiger charge is 2.20. The molecule has 0 amide bonds. The molecule has 0 saturated carbocycles. The zero-order valence-electron chi connectivity index (χ0n) is 14.1. The van der Waals surface area contributed by atoms with Crippen molar-refractivity contribution in [2.45, 2.75) is 25.8 Å². The average molecular weight is 321 g/mol. The third-order valence-electron chi connectivity index (χ3n) is 4.96. The molecule has 1 aromatic rings. The zero-order chi connectivity index (χ0) is 16.1. The third-order valence-corrected chi connectivity index (χ3v) is 4.96. The molecule has 0 unspecified atom stereocenters.